The van der Waals surface area contributed by atoms with Crippen molar-refractivity contribution in [2.24, 2.45) is 0 Å². The maximum Gasteiger partial charge on any atom is 0.333 e. The standard InChI is InChI=1S/C25H19FN6O4/c1-14-3-6-17(7-4-14)31-24(34)18(13-27-25(31)35)23(33)30-16-5-8-20(19(26)12-16)36-22-11-15(2)29-21-9-10-28-32(21)22/h3-13H,1-2H3,(H,27,35)(H,30,33). The van der Waals surface area contributed by atoms with E-state index in [2.05, 4.69) is 20.4 Å². The van der Waals surface area contributed by atoms with Crippen LogP contribution in [0.25, 0.3) is 11.3 Å². The molecule has 5 aromatic rings. The number of carbonyl (C=O) groups excluding carboxylic acids is 1. The van der Waals surface area contributed by atoms with Crippen molar-refractivity contribution in [2.45, 2.75) is 13.8 Å². The number of H-pyrrole nitrogens is 1. The van der Waals surface area contributed by atoms with E-state index in [0.29, 0.717) is 17.0 Å². The van der Waals surface area contributed by atoms with Crippen molar-refractivity contribution in [3.63, 3.8) is 0 Å². The molecule has 180 valence electrons. The maximum absolute atomic E-state index is 14.8. The van der Waals surface area contributed by atoms with E-state index in [1.807, 2.05) is 6.92 Å². The highest BCUT2D eigenvalue weighted by Gasteiger charge is 2.17. The van der Waals surface area contributed by atoms with Crippen LogP contribution in [0.4, 0.5) is 10.1 Å². The lowest BCUT2D eigenvalue weighted by Crippen LogP contribution is -2.38. The molecule has 11 heteroatoms. The summed E-state index contributed by atoms with van der Waals surface area (Å²) in [6.07, 6.45) is 2.58. The molecular weight excluding hydrogens is 467 g/mol. The Morgan fingerprint density at radius 2 is 1.83 bits per heavy atom. The SMILES string of the molecule is Cc1ccc(-n2c(=O)[nH]cc(C(=O)Nc3ccc(Oc4cc(C)nc5ccnn45)c(F)c3)c2=O)cc1. The molecule has 0 saturated carbocycles. The molecule has 0 fully saturated rings. The van der Waals surface area contributed by atoms with Crippen molar-refractivity contribution in [1.82, 2.24) is 24.1 Å². The van der Waals surface area contributed by atoms with Crippen molar-refractivity contribution >= 4 is 17.2 Å². The molecule has 0 radical (unpaired) electrons. The second kappa shape index (κ2) is 8.95. The van der Waals surface area contributed by atoms with Crippen molar-refractivity contribution in [2.75, 3.05) is 5.32 Å². The van der Waals surface area contributed by atoms with Crippen molar-refractivity contribution in [1.29, 1.82) is 0 Å². The number of fused-ring (bicyclic) bond motifs is 1. The zero-order valence-corrected chi connectivity index (χ0v) is 19.2. The first kappa shape index (κ1) is 22.7. The van der Waals surface area contributed by atoms with Crippen LogP contribution in [-0.2, 0) is 0 Å². The van der Waals surface area contributed by atoms with Gasteiger partial charge in [-0.25, -0.2) is 18.7 Å². The predicted molar refractivity (Wildman–Crippen MR) is 130 cm³/mol. The first-order valence-corrected chi connectivity index (χ1v) is 10.8. The predicted octanol–water partition coefficient (Wildman–Crippen LogP) is 3.37. The molecule has 2 N–H and O–H groups in total. The van der Waals surface area contributed by atoms with Gasteiger partial charge in [0.25, 0.3) is 11.5 Å². The van der Waals surface area contributed by atoms with Gasteiger partial charge in [-0.1, -0.05) is 17.7 Å². The van der Waals surface area contributed by atoms with Gasteiger partial charge in [-0.05, 0) is 38.1 Å². The first-order chi connectivity index (χ1) is 17.3. The number of rotatable bonds is 5. The normalized spacial score (nSPS) is 11.0. The van der Waals surface area contributed by atoms with Crippen LogP contribution in [0.3, 0.4) is 0 Å². The molecule has 2 aromatic carbocycles. The molecule has 0 aliphatic rings. The topological polar surface area (TPSA) is 123 Å². The van der Waals surface area contributed by atoms with Crippen LogP contribution >= 0.6 is 0 Å². The van der Waals surface area contributed by atoms with E-state index in [9.17, 15) is 18.8 Å². The summed E-state index contributed by atoms with van der Waals surface area (Å²) in [6, 6.07) is 13.8. The highest BCUT2D eigenvalue weighted by atomic mass is 19.1. The second-order valence-corrected chi connectivity index (χ2v) is 8.02. The van der Waals surface area contributed by atoms with Gasteiger partial charge in [0.1, 0.15) is 5.56 Å². The average molecular weight is 486 g/mol. The number of nitrogens with zero attached hydrogens (tertiary/aromatic N) is 4. The molecule has 36 heavy (non-hydrogen) atoms. The highest BCUT2D eigenvalue weighted by molar-refractivity contribution is 6.03. The minimum absolute atomic E-state index is 0.0903. The maximum atomic E-state index is 14.8. The zero-order chi connectivity index (χ0) is 25.4. The summed E-state index contributed by atoms with van der Waals surface area (Å²) in [5, 5.41) is 6.59. The number of hydrogen-bond donors (Lipinski definition) is 2. The lowest BCUT2D eigenvalue weighted by atomic mass is 10.2. The molecule has 0 saturated heterocycles. The number of aromatic nitrogens is 5. The van der Waals surface area contributed by atoms with Crippen LogP contribution in [0, 0.1) is 19.7 Å². The molecule has 0 unspecified atom stereocenters. The van der Waals surface area contributed by atoms with Gasteiger partial charge in [0.15, 0.2) is 17.2 Å². The van der Waals surface area contributed by atoms with Gasteiger partial charge in [0.2, 0.25) is 5.88 Å². The number of aromatic amines is 1. The van der Waals surface area contributed by atoms with E-state index in [4.69, 9.17) is 4.74 Å². The Hall–Kier alpha value is -5.06. The molecule has 10 nitrogen and oxygen atoms in total. The summed E-state index contributed by atoms with van der Waals surface area (Å²) in [6.45, 7) is 3.64. The van der Waals surface area contributed by atoms with Crippen LogP contribution < -0.4 is 21.3 Å². The molecule has 5 rings (SSSR count). The number of hydrogen-bond acceptors (Lipinski definition) is 6. The third-order valence-electron chi connectivity index (χ3n) is 5.37. The van der Waals surface area contributed by atoms with E-state index in [0.717, 1.165) is 22.4 Å². The molecule has 0 spiro atoms. The van der Waals surface area contributed by atoms with E-state index in [-0.39, 0.29) is 22.9 Å². The van der Waals surface area contributed by atoms with Gasteiger partial charge < -0.3 is 15.0 Å². The van der Waals surface area contributed by atoms with Crippen molar-refractivity contribution in [3.8, 4) is 17.3 Å². The Bertz CT molecular complexity index is 1740. The van der Waals surface area contributed by atoms with Crippen molar-refractivity contribution in [3.05, 3.63) is 110 Å². The molecule has 3 heterocycles. The van der Waals surface area contributed by atoms with Crippen LogP contribution in [-0.4, -0.2) is 30.1 Å². The zero-order valence-electron chi connectivity index (χ0n) is 19.2. The van der Waals surface area contributed by atoms with Gasteiger partial charge in [0, 0.05) is 35.8 Å². The minimum atomic E-state index is -0.812. The van der Waals surface area contributed by atoms with Gasteiger partial charge in [-0.2, -0.15) is 9.61 Å². The van der Waals surface area contributed by atoms with Gasteiger partial charge >= 0.3 is 5.69 Å². The van der Waals surface area contributed by atoms with Crippen LogP contribution in [0.1, 0.15) is 21.6 Å². The number of ether oxygens (including phenoxy) is 1. The monoisotopic (exact) mass is 486 g/mol. The summed E-state index contributed by atoms with van der Waals surface area (Å²) < 4.78 is 22.8. The molecule has 0 aliphatic heterocycles. The van der Waals surface area contributed by atoms with Crippen LogP contribution in [0.15, 0.2) is 76.6 Å². The fraction of sp³-hybridized carbons (Fsp3) is 0.0800. The number of aryl methyl sites for hydroxylation is 2. The Balaban J connectivity index is 1.40. The number of carbonyl (C=O) groups is 1. The summed E-state index contributed by atoms with van der Waals surface area (Å²) in [5.41, 5.74) is 0.747. The first-order valence-electron chi connectivity index (χ1n) is 10.8. The van der Waals surface area contributed by atoms with E-state index in [1.165, 1.54) is 16.6 Å². The van der Waals surface area contributed by atoms with E-state index >= 15 is 0 Å². The Morgan fingerprint density at radius 1 is 1.06 bits per heavy atom. The number of benzene rings is 2. The smallest absolute Gasteiger partial charge is 0.333 e. The molecule has 3 aromatic heterocycles. The number of nitrogens with one attached hydrogen (secondary N) is 2. The average Bonchev–Trinajstić information content (AvgIpc) is 3.30. The summed E-state index contributed by atoms with van der Waals surface area (Å²) in [5.74, 6) is -1.39. The Kier molecular flexibility index (Phi) is 5.65. The molecule has 1 amide bonds. The van der Waals surface area contributed by atoms with Crippen molar-refractivity contribution < 1.29 is 13.9 Å². The summed E-state index contributed by atoms with van der Waals surface area (Å²) >= 11 is 0. The molecule has 0 atom stereocenters. The second-order valence-electron chi connectivity index (χ2n) is 8.02. The molecule has 0 bridgehead atoms. The fourth-order valence-electron chi connectivity index (χ4n) is 3.61. The third-order valence-corrected chi connectivity index (χ3v) is 5.37. The lowest BCUT2D eigenvalue weighted by Gasteiger charge is -2.11. The Morgan fingerprint density at radius 3 is 2.58 bits per heavy atom. The Labute approximate surface area is 202 Å². The molecular formula is C25H19FN6O4. The minimum Gasteiger partial charge on any atom is -0.436 e. The van der Waals surface area contributed by atoms with E-state index < -0.39 is 23.0 Å². The van der Waals surface area contributed by atoms with Gasteiger partial charge in [0.05, 0.1) is 11.9 Å². The fourth-order valence-corrected chi connectivity index (χ4v) is 3.61. The third kappa shape index (κ3) is 4.25. The largest absolute Gasteiger partial charge is 0.436 e. The summed E-state index contributed by atoms with van der Waals surface area (Å²) in [7, 11) is 0. The van der Waals surface area contributed by atoms with E-state index in [1.54, 1.807) is 49.5 Å². The van der Waals surface area contributed by atoms with Gasteiger partial charge in [-0.15, -0.1) is 0 Å². The number of anilines is 1. The highest BCUT2D eigenvalue weighted by Crippen LogP contribution is 2.27. The number of halogens is 1. The van der Waals surface area contributed by atoms with Crippen LogP contribution in [0.2, 0.25) is 0 Å². The van der Waals surface area contributed by atoms with Crippen LogP contribution in [0.5, 0.6) is 11.6 Å². The van der Waals surface area contributed by atoms with Gasteiger partial charge in [-0.3, -0.25) is 9.59 Å². The number of amides is 1. The lowest BCUT2D eigenvalue weighted by molar-refractivity contribution is 0.102. The quantitative estimate of drug-likeness (QED) is 0.393. The summed E-state index contributed by atoms with van der Waals surface area (Å²) in [4.78, 5) is 44.7. The molecule has 0 aliphatic carbocycles.